The summed E-state index contributed by atoms with van der Waals surface area (Å²) < 4.78 is 18.7. The molecule has 1 N–H and O–H groups in total. The molecule has 0 atom stereocenters. The molecule has 4 aromatic rings. The molecule has 0 aliphatic rings. The number of benzene rings is 1. The number of rotatable bonds is 8. The van der Waals surface area contributed by atoms with Gasteiger partial charge in [0.1, 0.15) is 23.0 Å². The highest BCUT2D eigenvalue weighted by molar-refractivity contribution is 5.97. The van der Waals surface area contributed by atoms with Crippen molar-refractivity contribution in [1.82, 2.24) is 9.88 Å². The van der Waals surface area contributed by atoms with Crippen LogP contribution in [-0.2, 0) is 13.1 Å². The highest BCUT2D eigenvalue weighted by Gasteiger charge is 2.18. The maximum absolute atomic E-state index is 12.7. The summed E-state index contributed by atoms with van der Waals surface area (Å²) in [5.74, 6) is 2.21. The van der Waals surface area contributed by atoms with Crippen molar-refractivity contribution in [2.24, 2.45) is 0 Å². The van der Waals surface area contributed by atoms with Crippen molar-refractivity contribution < 1.29 is 18.4 Å². The van der Waals surface area contributed by atoms with E-state index < -0.39 is 0 Å². The van der Waals surface area contributed by atoms with Crippen LogP contribution >= 0.6 is 0 Å². The maximum Gasteiger partial charge on any atom is 0.268 e. The summed E-state index contributed by atoms with van der Waals surface area (Å²) in [4.78, 5) is 12.7. The molecule has 0 aliphatic carbocycles. The molecule has 1 aromatic carbocycles. The Kier molecular flexibility index (Phi) is 5.19. The number of carbonyl (C=O) groups excluding carboxylic acids is 1. The van der Waals surface area contributed by atoms with Gasteiger partial charge in [-0.15, -0.1) is 0 Å². The smallest absolute Gasteiger partial charge is 0.268 e. The van der Waals surface area contributed by atoms with Crippen molar-refractivity contribution in [3.63, 3.8) is 0 Å². The Morgan fingerprint density at radius 2 is 2.00 bits per heavy atom. The van der Waals surface area contributed by atoms with E-state index in [2.05, 4.69) is 5.32 Å². The Hall–Kier alpha value is -3.41. The van der Waals surface area contributed by atoms with Crippen LogP contribution in [0.2, 0.25) is 0 Å². The van der Waals surface area contributed by atoms with E-state index in [1.807, 2.05) is 54.0 Å². The van der Waals surface area contributed by atoms with Gasteiger partial charge in [0, 0.05) is 18.7 Å². The van der Waals surface area contributed by atoms with E-state index in [1.165, 1.54) is 0 Å². The van der Waals surface area contributed by atoms with Crippen LogP contribution in [0.3, 0.4) is 0 Å². The lowest BCUT2D eigenvalue weighted by Gasteiger charge is -2.11. The van der Waals surface area contributed by atoms with Gasteiger partial charge in [0.05, 0.1) is 24.9 Å². The molecule has 3 heterocycles. The first kappa shape index (κ1) is 18.0. The summed E-state index contributed by atoms with van der Waals surface area (Å²) in [6, 6.07) is 17.1. The Morgan fingerprint density at radius 1 is 1.14 bits per heavy atom. The number of hydrogen-bond donors (Lipinski definition) is 1. The standard InChI is InChI=1S/C22H22N2O4/c1-16-13-19-21(28-16)14-20(22(25)23-15-18-9-5-11-27-18)24(19)10-6-12-26-17-7-3-2-4-8-17/h2-5,7-9,11,13-14H,6,10,12,15H2,1H3,(H,23,25). The molecule has 0 saturated heterocycles. The summed E-state index contributed by atoms with van der Waals surface area (Å²) in [7, 11) is 0. The molecule has 6 nitrogen and oxygen atoms in total. The van der Waals surface area contributed by atoms with Gasteiger partial charge in [-0.2, -0.15) is 0 Å². The lowest BCUT2D eigenvalue weighted by Crippen LogP contribution is -2.25. The van der Waals surface area contributed by atoms with E-state index >= 15 is 0 Å². The Balaban J connectivity index is 1.45. The second-order valence-corrected chi connectivity index (χ2v) is 6.56. The molecule has 4 rings (SSSR count). The van der Waals surface area contributed by atoms with Crippen molar-refractivity contribution in [3.8, 4) is 5.75 Å². The van der Waals surface area contributed by atoms with Crippen LogP contribution in [0, 0.1) is 6.92 Å². The zero-order chi connectivity index (χ0) is 19.3. The first-order valence-electron chi connectivity index (χ1n) is 9.29. The summed E-state index contributed by atoms with van der Waals surface area (Å²) in [5.41, 5.74) is 2.20. The number of amides is 1. The minimum atomic E-state index is -0.163. The van der Waals surface area contributed by atoms with E-state index in [-0.39, 0.29) is 5.91 Å². The molecule has 0 radical (unpaired) electrons. The van der Waals surface area contributed by atoms with Crippen LogP contribution < -0.4 is 10.1 Å². The maximum atomic E-state index is 12.7. The fraction of sp³-hybridized carbons (Fsp3) is 0.227. The van der Waals surface area contributed by atoms with Crippen LogP contribution in [0.1, 0.15) is 28.4 Å². The topological polar surface area (TPSA) is 69.5 Å². The predicted octanol–water partition coefficient (Wildman–Crippen LogP) is 4.53. The van der Waals surface area contributed by atoms with Gasteiger partial charge in [0.15, 0.2) is 5.58 Å². The average Bonchev–Trinajstić information content (AvgIpc) is 3.41. The van der Waals surface area contributed by atoms with Crippen LogP contribution in [0.15, 0.2) is 69.7 Å². The molecule has 0 fully saturated rings. The summed E-state index contributed by atoms with van der Waals surface area (Å²) in [6.45, 7) is 3.46. The number of fused-ring (bicyclic) bond motifs is 1. The normalized spacial score (nSPS) is 11.0. The predicted molar refractivity (Wildman–Crippen MR) is 105 cm³/mol. The number of nitrogens with zero attached hydrogens (tertiary/aromatic N) is 1. The highest BCUT2D eigenvalue weighted by Crippen LogP contribution is 2.24. The number of ether oxygens (including phenoxy) is 1. The molecule has 0 aliphatic heterocycles. The third-order valence-electron chi connectivity index (χ3n) is 4.49. The largest absolute Gasteiger partial charge is 0.494 e. The van der Waals surface area contributed by atoms with Gasteiger partial charge >= 0.3 is 0 Å². The number of para-hydroxylation sites is 1. The minimum Gasteiger partial charge on any atom is -0.494 e. The second kappa shape index (κ2) is 8.08. The summed E-state index contributed by atoms with van der Waals surface area (Å²) in [6.07, 6.45) is 2.36. The van der Waals surface area contributed by atoms with Crippen LogP contribution in [0.5, 0.6) is 5.75 Å². The first-order valence-corrected chi connectivity index (χ1v) is 9.29. The molecule has 0 bridgehead atoms. The average molecular weight is 378 g/mol. The third-order valence-corrected chi connectivity index (χ3v) is 4.49. The summed E-state index contributed by atoms with van der Waals surface area (Å²) >= 11 is 0. The van der Waals surface area contributed by atoms with E-state index in [4.69, 9.17) is 13.6 Å². The van der Waals surface area contributed by atoms with Crippen LogP contribution in [-0.4, -0.2) is 17.1 Å². The Bertz CT molecular complexity index is 1050. The Morgan fingerprint density at radius 3 is 2.79 bits per heavy atom. The Labute approximate surface area is 162 Å². The van der Waals surface area contributed by atoms with Crippen LogP contribution in [0.25, 0.3) is 11.1 Å². The van der Waals surface area contributed by atoms with E-state index in [1.54, 1.807) is 18.4 Å². The molecule has 3 aromatic heterocycles. The zero-order valence-corrected chi connectivity index (χ0v) is 15.7. The third kappa shape index (κ3) is 3.96. The van der Waals surface area contributed by atoms with Gasteiger partial charge in [0.2, 0.25) is 0 Å². The first-order chi connectivity index (χ1) is 13.7. The van der Waals surface area contributed by atoms with Gasteiger partial charge in [-0.1, -0.05) is 18.2 Å². The van der Waals surface area contributed by atoms with Gasteiger partial charge in [-0.3, -0.25) is 4.79 Å². The fourth-order valence-electron chi connectivity index (χ4n) is 3.19. The summed E-state index contributed by atoms with van der Waals surface area (Å²) in [5, 5.41) is 2.90. The fourth-order valence-corrected chi connectivity index (χ4v) is 3.19. The molecule has 0 saturated carbocycles. The number of carbonyl (C=O) groups is 1. The van der Waals surface area contributed by atoms with Crippen molar-refractivity contribution in [1.29, 1.82) is 0 Å². The number of furan rings is 2. The minimum absolute atomic E-state index is 0.163. The van der Waals surface area contributed by atoms with E-state index in [9.17, 15) is 4.79 Å². The monoisotopic (exact) mass is 378 g/mol. The quantitative estimate of drug-likeness (QED) is 0.457. The molecule has 0 spiro atoms. The molecule has 1 amide bonds. The zero-order valence-electron chi connectivity index (χ0n) is 15.7. The molecule has 6 heteroatoms. The number of nitrogens with one attached hydrogen (secondary N) is 1. The van der Waals surface area contributed by atoms with Crippen molar-refractivity contribution in [3.05, 3.63) is 78.1 Å². The van der Waals surface area contributed by atoms with Gasteiger partial charge in [0.25, 0.3) is 5.91 Å². The van der Waals surface area contributed by atoms with Crippen LogP contribution in [0.4, 0.5) is 0 Å². The number of aromatic nitrogens is 1. The SMILES string of the molecule is Cc1cc2c(cc(C(=O)NCc3ccco3)n2CCCOc2ccccc2)o1. The van der Waals surface area contributed by atoms with Crippen molar-refractivity contribution >= 4 is 17.0 Å². The van der Waals surface area contributed by atoms with Gasteiger partial charge in [-0.25, -0.2) is 0 Å². The molecular weight excluding hydrogens is 356 g/mol. The van der Waals surface area contributed by atoms with Crippen molar-refractivity contribution in [2.45, 2.75) is 26.4 Å². The lowest BCUT2D eigenvalue weighted by atomic mass is 10.3. The number of aryl methyl sites for hydroxylation is 2. The lowest BCUT2D eigenvalue weighted by molar-refractivity contribution is 0.0938. The molecule has 0 unspecified atom stereocenters. The highest BCUT2D eigenvalue weighted by atomic mass is 16.5. The van der Waals surface area contributed by atoms with Gasteiger partial charge in [-0.05, 0) is 37.6 Å². The molecule has 28 heavy (non-hydrogen) atoms. The second-order valence-electron chi connectivity index (χ2n) is 6.56. The molecular formula is C22H22N2O4. The van der Waals surface area contributed by atoms with Crippen molar-refractivity contribution in [2.75, 3.05) is 6.61 Å². The van der Waals surface area contributed by atoms with E-state index in [0.29, 0.717) is 36.7 Å². The van der Waals surface area contributed by atoms with E-state index in [0.717, 1.165) is 23.4 Å². The van der Waals surface area contributed by atoms with Gasteiger partial charge < -0.3 is 23.5 Å². The molecule has 144 valence electrons. The number of hydrogen-bond acceptors (Lipinski definition) is 4.